The molecule has 98 valence electrons. The first kappa shape index (κ1) is 16.8. The van der Waals surface area contributed by atoms with Crippen LogP contribution in [0.2, 0.25) is 12.1 Å². The van der Waals surface area contributed by atoms with Crippen LogP contribution in [0.1, 0.15) is 53.4 Å². The lowest BCUT2D eigenvalue weighted by Crippen LogP contribution is -2.19. The summed E-state index contributed by atoms with van der Waals surface area (Å²) < 4.78 is 5.65. The number of rotatable bonds is 8. The van der Waals surface area contributed by atoms with Gasteiger partial charge in [-0.15, -0.1) is 22.2 Å². The van der Waals surface area contributed by atoms with Gasteiger partial charge in [-0.25, -0.2) is 0 Å². The molecule has 0 saturated heterocycles. The lowest BCUT2D eigenvalue weighted by molar-refractivity contribution is -0.00471. The van der Waals surface area contributed by atoms with Crippen molar-refractivity contribution < 1.29 is 4.74 Å². The molecule has 0 radical (unpaired) electrons. The Hall–Kier alpha value is 0.757. The number of hydrogen-bond acceptors (Lipinski definition) is 1. The fraction of sp³-hybridized carbons (Fsp3) is 1.00. The third-order valence-corrected chi connectivity index (χ3v) is 7.35. The second kappa shape index (κ2) is 7.96. The van der Waals surface area contributed by atoms with Gasteiger partial charge in [-0.3, -0.25) is 0 Å². The fourth-order valence-electron chi connectivity index (χ4n) is 1.39. The molecule has 0 aromatic rings. The van der Waals surface area contributed by atoms with Gasteiger partial charge in [-0.1, -0.05) is 26.2 Å². The Labute approximate surface area is 111 Å². The molecule has 0 atom stereocenters. The molecule has 1 nitrogen and oxygen atoms in total. The predicted octanol–water partition coefficient (Wildman–Crippen LogP) is 5.30. The maximum atomic E-state index is 6.20. The minimum atomic E-state index is -1.86. The highest BCUT2D eigenvalue weighted by Crippen LogP contribution is 2.27. The first-order valence-corrected chi connectivity index (χ1v) is 10.7. The molecule has 0 spiro atoms. The van der Waals surface area contributed by atoms with E-state index in [0.29, 0.717) is 0 Å². The molecule has 0 rings (SSSR count). The third-order valence-electron chi connectivity index (χ3n) is 2.49. The van der Waals surface area contributed by atoms with Gasteiger partial charge in [-0.05, 0) is 39.3 Å². The minimum Gasteiger partial charge on any atom is -0.376 e. The molecule has 0 aliphatic rings. The van der Waals surface area contributed by atoms with E-state index >= 15 is 0 Å². The van der Waals surface area contributed by atoms with Gasteiger partial charge in [0.1, 0.15) is 0 Å². The molecule has 4 heteroatoms. The fourth-order valence-corrected chi connectivity index (χ4v) is 3.32. The predicted molar refractivity (Wildman–Crippen MR) is 76.9 cm³/mol. The van der Waals surface area contributed by atoms with Gasteiger partial charge in [0.25, 0.3) is 6.69 Å². The highest BCUT2D eigenvalue weighted by Gasteiger charge is 2.24. The zero-order chi connectivity index (χ0) is 12.7. The van der Waals surface area contributed by atoms with Crippen molar-refractivity contribution in [3.63, 3.8) is 0 Å². The summed E-state index contributed by atoms with van der Waals surface area (Å²) >= 11 is 12.4. The first-order valence-electron chi connectivity index (χ1n) is 6.28. The van der Waals surface area contributed by atoms with Gasteiger partial charge < -0.3 is 4.74 Å². The topological polar surface area (TPSA) is 9.23 Å². The maximum Gasteiger partial charge on any atom is 0.251 e. The van der Waals surface area contributed by atoms with Crippen molar-refractivity contribution in [3.05, 3.63) is 0 Å². The number of halogens is 2. The average molecular weight is 285 g/mol. The molecule has 0 aliphatic carbocycles. The van der Waals surface area contributed by atoms with Crippen molar-refractivity contribution in [1.82, 2.24) is 0 Å². The SMILES string of the molecule is CC[Si](Cl)(Cl)CCCCCCOC(C)(C)C. The molecule has 0 fully saturated rings. The van der Waals surface area contributed by atoms with Gasteiger partial charge >= 0.3 is 0 Å². The Kier molecular flexibility index (Phi) is 8.34. The van der Waals surface area contributed by atoms with Crippen LogP contribution in [0.4, 0.5) is 0 Å². The second-order valence-corrected chi connectivity index (χ2v) is 13.2. The van der Waals surface area contributed by atoms with Crippen molar-refractivity contribution in [2.45, 2.75) is 71.1 Å². The Morgan fingerprint density at radius 2 is 1.56 bits per heavy atom. The van der Waals surface area contributed by atoms with Crippen molar-refractivity contribution in [1.29, 1.82) is 0 Å². The van der Waals surface area contributed by atoms with Crippen LogP contribution in [0.3, 0.4) is 0 Å². The Bertz CT molecular complexity index is 178. The van der Waals surface area contributed by atoms with Crippen LogP contribution in [-0.4, -0.2) is 18.9 Å². The molecule has 0 aromatic carbocycles. The first-order chi connectivity index (χ1) is 7.27. The average Bonchev–Trinajstić information content (AvgIpc) is 2.14. The third kappa shape index (κ3) is 11.2. The number of hydrogen-bond donors (Lipinski definition) is 0. The molecule has 0 saturated carbocycles. The Morgan fingerprint density at radius 3 is 2.06 bits per heavy atom. The molecule has 0 aliphatic heterocycles. The van der Waals surface area contributed by atoms with Gasteiger partial charge in [0.05, 0.1) is 5.60 Å². The van der Waals surface area contributed by atoms with E-state index in [4.69, 9.17) is 26.9 Å². The van der Waals surface area contributed by atoms with Crippen molar-refractivity contribution >= 4 is 28.9 Å². The van der Waals surface area contributed by atoms with E-state index in [9.17, 15) is 0 Å². The highest BCUT2D eigenvalue weighted by atomic mass is 35.7. The summed E-state index contributed by atoms with van der Waals surface area (Å²) in [5.41, 5.74) is -0.00342. The summed E-state index contributed by atoms with van der Waals surface area (Å²) in [6.07, 6.45) is 4.75. The molecule has 0 amide bonds. The van der Waals surface area contributed by atoms with Crippen LogP contribution in [-0.2, 0) is 4.74 Å². The summed E-state index contributed by atoms with van der Waals surface area (Å²) in [6.45, 7) is 7.36. The molecule has 0 heterocycles. The van der Waals surface area contributed by atoms with Crippen molar-refractivity contribution in [3.8, 4) is 0 Å². The lowest BCUT2D eigenvalue weighted by atomic mass is 10.2. The summed E-state index contributed by atoms with van der Waals surface area (Å²) in [6, 6.07) is 2.00. The lowest BCUT2D eigenvalue weighted by Gasteiger charge is -2.19. The molecular formula is C12H26Cl2OSi. The molecule has 0 unspecified atom stereocenters. The molecule has 0 bridgehead atoms. The minimum absolute atomic E-state index is 0.00342. The molecule has 16 heavy (non-hydrogen) atoms. The van der Waals surface area contributed by atoms with E-state index in [1.807, 2.05) is 0 Å². The summed E-state index contributed by atoms with van der Waals surface area (Å²) in [4.78, 5) is 0. The molecular weight excluding hydrogens is 259 g/mol. The monoisotopic (exact) mass is 284 g/mol. The van der Waals surface area contributed by atoms with Crippen LogP contribution in [0, 0.1) is 0 Å². The van der Waals surface area contributed by atoms with Crippen LogP contribution < -0.4 is 0 Å². The zero-order valence-corrected chi connectivity index (χ0v) is 13.6. The maximum absolute atomic E-state index is 6.20. The molecule has 0 N–H and O–H groups in total. The normalized spacial score (nSPS) is 13.1. The van der Waals surface area contributed by atoms with Gasteiger partial charge in [0, 0.05) is 6.61 Å². The quantitative estimate of drug-likeness (QED) is 0.334. The van der Waals surface area contributed by atoms with Crippen LogP contribution in [0.5, 0.6) is 0 Å². The summed E-state index contributed by atoms with van der Waals surface area (Å²) in [5.74, 6) is 0. The van der Waals surface area contributed by atoms with Crippen LogP contribution >= 0.6 is 22.2 Å². The molecule has 0 aromatic heterocycles. The van der Waals surface area contributed by atoms with E-state index in [1.54, 1.807) is 0 Å². The number of ether oxygens (including phenoxy) is 1. The van der Waals surface area contributed by atoms with E-state index in [2.05, 4.69) is 27.7 Å². The van der Waals surface area contributed by atoms with E-state index in [0.717, 1.165) is 25.1 Å². The second-order valence-electron chi connectivity index (χ2n) is 5.33. The van der Waals surface area contributed by atoms with Crippen molar-refractivity contribution in [2.75, 3.05) is 6.61 Å². The Balaban J connectivity index is 3.29. The highest BCUT2D eigenvalue weighted by molar-refractivity contribution is 7.45. The smallest absolute Gasteiger partial charge is 0.251 e. The van der Waals surface area contributed by atoms with Gasteiger partial charge in [0.15, 0.2) is 0 Å². The van der Waals surface area contributed by atoms with E-state index in [-0.39, 0.29) is 5.60 Å². The zero-order valence-electron chi connectivity index (χ0n) is 11.1. The van der Waals surface area contributed by atoms with Gasteiger partial charge in [0.2, 0.25) is 0 Å². The standard InChI is InChI=1S/C12H26Cl2OSi/c1-5-16(13,14)11-9-7-6-8-10-15-12(2,3)4/h5-11H2,1-4H3. The van der Waals surface area contributed by atoms with Crippen LogP contribution in [0.15, 0.2) is 0 Å². The summed E-state index contributed by atoms with van der Waals surface area (Å²) in [5, 5.41) is 0. The van der Waals surface area contributed by atoms with E-state index in [1.165, 1.54) is 19.3 Å². The van der Waals surface area contributed by atoms with Crippen LogP contribution in [0.25, 0.3) is 0 Å². The summed E-state index contributed by atoms with van der Waals surface area (Å²) in [7, 11) is 0. The number of unbranched alkanes of at least 4 members (excludes halogenated alkanes) is 3. The van der Waals surface area contributed by atoms with E-state index < -0.39 is 6.69 Å². The Morgan fingerprint density at radius 1 is 1.00 bits per heavy atom. The largest absolute Gasteiger partial charge is 0.376 e. The van der Waals surface area contributed by atoms with Gasteiger partial charge in [-0.2, -0.15) is 0 Å². The van der Waals surface area contributed by atoms with Crippen molar-refractivity contribution in [2.24, 2.45) is 0 Å².